The molecule has 0 fully saturated rings. The van der Waals surface area contributed by atoms with Gasteiger partial charge in [0.15, 0.2) is 0 Å². The van der Waals surface area contributed by atoms with E-state index >= 15 is 0 Å². The van der Waals surface area contributed by atoms with E-state index in [-0.39, 0.29) is 24.5 Å². The standard InChI is InChI=1S/C17H15FN4O2/c18-13-5-1-11(2-6-13)9-15-16(23)20-17(24)22(21-15)10-12-3-7-14(19)8-4-12/h1-8H,9-10,19H2,(H,20,23,24). The largest absolute Gasteiger partial charge is 0.399 e. The van der Waals surface area contributed by atoms with Crippen LogP contribution in [0.5, 0.6) is 0 Å². The number of H-pyrrole nitrogens is 1. The Kier molecular flexibility index (Phi) is 4.24. The summed E-state index contributed by atoms with van der Waals surface area (Å²) in [7, 11) is 0. The molecule has 0 bridgehead atoms. The Morgan fingerprint density at radius 2 is 1.62 bits per heavy atom. The third kappa shape index (κ3) is 3.57. The van der Waals surface area contributed by atoms with Crippen molar-refractivity contribution in [2.75, 3.05) is 5.73 Å². The normalized spacial score (nSPS) is 10.7. The maximum Gasteiger partial charge on any atom is 0.345 e. The molecule has 2 aromatic carbocycles. The van der Waals surface area contributed by atoms with Crippen LogP contribution in [0.1, 0.15) is 16.8 Å². The van der Waals surface area contributed by atoms with E-state index in [9.17, 15) is 14.0 Å². The summed E-state index contributed by atoms with van der Waals surface area (Å²) >= 11 is 0. The highest BCUT2D eigenvalue weighted by molar-refractivity contribution is 5.39. The lowest BCUT2D eigenvalue weighted by atomic mass is 10.1. The van der Waals surface area contributed by atoms with Crippen LogP contribution in [0.3, 0.4) is 0 Å². The number of nitrogens with zero attached hydrogens (tertiary/aromatic N) is 2. The molecule has 122 valence electrons. The molecular formula is C17H15FN4O2. The van der Waals surface area contributed by atoms with E-state index in [0.29, 0.717) is 5.69 Å². The van der Waals surface area contributed by atoms with Crippen molar-refractivity contribution < 1.29 is 4.39 Å². The third-order valence-corrected chi connectivity index (χ3v) is 3.56. The van der Waals surface area contributed by atoms with Crippen molar-refractivity contribution in [3.05, 3.63) is 92.0 Å². The highest BCUT2D eigenvalue weighted by Gasteiger charge is 2.08. The molecule has 0 saturated carbocycles. The number of halogens is 1. The molecule has 0 aliphatic carbocycles. The lowest BCUT2D eigenvalue weighted by Crippen LogP contribution is -2.35. The fourth-order valence-corrected chi connectivity index (χ4v) is 2.28. The van der Waals surface area contributed by atoms with Crippen molar-refractivity contribution in [1.82, 2.24) is 14.8 Å². The summed E-state index contributed by atoms with van der Waals surface area (Å²) in [5.41, 5.74) is 6.88. The van der Waals surface area contributed by atoms with E-state index in [4.69, 9.17) is 5.73 Å². The first-order chi connectivity index (χ1) is 11.5. The topological polar surface area (TPSA) is 93.8 Å². The maximum absolute atomic E-state index is 13.0. The van der Waals surface area contributed by atoms with Crippen molar-refractivity contribution >= 4 is 5.69 Å². The summed E-state index contributed by atoms with van der Waals surface area (Å²) in [6.07, 6.45) is 0.206. The Morgan fingerprint density at radius 3 is 2.29 bits per heavy atom. The zero-order chi connectivity index (χ0) is 17.1. The Bertz CT molecular complexity index is 883. The molecule has 0 aliphatic rings. The number of benzene rings is 2. The molecule has 0 aliphatic heterocycles. The van der Waals surface area contributed by atoms with Crippen LogP contribution >= 0.6 is 0 Å². The number of rotatable bonds is 4. The second-order valence-corrected chi connectivity index (χ2v) is 5.41. The monoisotopic (exact) mass is 326 g/mol. The minimum Gasteiger partial charge on any atom is -0.399 e. The molecule has 24 heavy (non-hydrogen) atoms. The Balaban J connectivity index is 1.90. The second-order valence-electron chi connectivity index (χ2n) is 5.41. The average Bonchev–Trinajstić information content (AvgIpc) is 2.56. The summed E-state index contributed by atoms with van der Waals surface area (Å²) in [6, 6.07) is 12.8. The molecule has 0 radical (unpaired) electrons. The van der Waals surface area contributed by atoms with Crippen LogP contribution in [-0.4, -0.2) is 14.8 Å². The van der Waals surface area contributed by atoms with E-state index < -0.39 is 11.2 Å². The highest BCUT2D eigenvalue weighted by Crippen LogP contribution is 2.07. The molecule has 0 saturated heterocycles. The van der Waals surface area contributed by atoms with Gasteiger partial charge in [-0.15, -0.1) is 0 Å². The number of nitrogens with one attached hydrogen (secondary N) is 1. The van der Waals surface area contributed by atoms with Gasteiger partial charge in [-0.05, 0) is 35.4 Å². The van der Waals surface area contributed by atoms with Gasteiger partial charge in [-0.2, -0.15) is 5.10 Å². The van der Waals surface area contributed by atoms with E-state index in [2.05, 4.69) is 10.1 Å². The first-order valence-electron chi connectivity index (χ1n) is 7.30. The van der Waals surface area contributed by atoms with Crippen molar-refractivity contribution in [3.63, 3.8) is 0 Å². The van der Waals surface area contributed by atoms with Crippen LogP contribution in [0.25, 0.3) is 0 Å². The molecule has 0 spiro atoms. The molecule has 1 aromatic heterocycles. The van der Waals surface area contributed by atoms with Gasteiger partial charge in [0.25, 0.3) is 5.56 Å². The van der Waals surface area contributed by atoms with Crippen LogP contribution in [0.2, 0.25) is 0 Å². The zero-order valence-corrected chi connectivity index (χ0v) is 12.7. The summed E-state index contributed by atoms with van der Waals surface area (Å²) in [4.78, 5) is 26.1. The predicted molar refractivity (Wildman–Crippen MR) is 88.3 cm³/mol. The Hall–Kier alpha value is -3.22. The van der Waals surface area contributed by atoms with Crippen molar-refractivity contribution in [1.29, 1.82) is 0 Å². The quantitative estimate of drug-likeness (QED) is 0.707. The predicted octanol–water partition coefficient (Wildman–Crippen LogP) is 1.29. The highest BCUT2D eigenvalue weighted by atomic mass is 19.1. The van der Waals surface area contributed by atoms with Gasteiger partial charge < -0.3 is 5.73 Å². The first kappa shape index (κ1) is 15.7. The van der Waals surface area contributed by atoms with Crippen LogP contribution < -0.4 is 17.0 Å². The molecule has 6 nitrogen and oxygen atoms in total. The van der Waals surface area contributed by atoms with Crippen LogP contribution in [0.15, 0.2) is 58.1 Å². The SMILES string of the molecule is Nc1ccc(Cn2nc(Cc3ccc(F)cc3)c(=O)[nH]c2=O)cc1. The lowest BCUT2D eigenvalue weighted by Gasteiger charge is -2.07. The molecule has 7 heteroatoms. The molecule has 0 unspecified atom stereocenters. The number of aromatic amines is 1. The number of nitrogen functional groups attached to an aromatic ring is 1. The van der Waals surface area contributed by atoms with Crippen LogP contribution in [-0.2, 0) is 13.0 Å². The minimum atomic E-state index is -0.584. The number of hydrogen-bond donors (Lipinski definition) is 2. The summed E-state index contributed by atoms with van der Waals surface area (Å²) in [5, 5.41) is 4.14. The van der Waals surface area contributed by atoms with Gasteiger partial charge in [0.05, 0.1) is 6.54 Å². The lowest BCUT2D eigenvalue weighted by molar-refractivity contribution is 0.589. The number of aromatic nitrogens is 3. The molecule has 3 N–H and O–H groups in total. The van der Waals surface area contributed by atoms with Gasteiger partial charge in [-0.3, -0.25) is 9.78 Å². The smallest absolute Gasteiger partial charge is 0.345 e. The maximum atomic E-state index is 13.0. The molecule has 0 atom stereocenters. The fourth-order valence-electron chi connectivity index (χ4n) is 2.28. The van der Waals surface area contributed by atoms with E-state index in [1.807, 2.05) is 0 Å². The van der Waals surface area contributed by atoms with E-state index in [0.717, 1.165) is 11.1 Å². The van der Waals surface area contributed by atoms with Crippen LogP contribution in [0.4, 0.5) is 10.1 Å². The molecular weight excluding hydrogens is 311 g/mol. The van der Waals surface area contributed by atoms with Crippen LogP contribution in [0, 0.1) is 5.82 Å². The number of anilines is 1. The fraction of sp³-hybridized carbons (Fsp3) is 0.118. The molecule has 3 aromatic rings. The van der Waals surface area contributed by atoms with Gasteiger partial charge in [0.2, 0.25) is 0 Å². The first-order valence-corrected chi connectivity index (χ1v) is 7.30. The summed E-state index contributed by atoms with van der Waals surface area (Å²) in [5.74, 6) is -0.353. The van der Waals surface area contributed by atoms with E-state index in [1.165, 1.54) is 16.8 Å². The molecule has 3 rings (SSSR count). The van der Waals surface area contributed by atoms with Crippen molar-refractivity contribution in [3.8, 4) is 0 Å². The van der Waals surface area contributed by atoms with Crippen molar-refractivity contribution in [2.45, 2.75) is 13.0 Å². The zero-order valence-electron chi connectivity index (χ0n) is 12.7. The third-order valence-electron chi connectivity index (χ3n) is 3.56. The van der Waals surface area contributed by atoms with Gasteiger partial charge in [0, 0.05) is 12.1 Å². The van der Waals surface area contributed by atoms with Crippen molar-refractivity contribution in [2.24, 2.45) is 0 Å². The average molecular weight is 326 g/mol. The second kappa shape index (κ2) is 6.49. The van der Waals surface area contributed by atoms with Gasteiger partial charge >= 0.3 is 5.69 Å². The Labute approximate surface area is 136 Å². The van der Waals surface area contributed by atoms with Gasteiger partial charge in [-0.25, -0.2) is 13.9 Å². The molecule has 0 amide bonds. The molecule has 1 heterocycles. The minimum absolute atomic E-state index is 0.191. The summed E-state index contributed by atoms with van der Waals surface area (Å²) < 4.78 is 14.1. The Morgan fingerprint density at radius 1 is 1.00 bits per heavy atom. The number of nitrogens with two attached hydrogens (primary N) is 1. The van der Waals surface area contributed by atoms with Gasteiger partial charge in [0.1, 0.15) is 11.5 Å². The van der Waals surface area contributed by atoms with Gasteiger partial charge in [-0.1, -0.05) is 24.3 Å². The summed E-state index contributed by atoms with van der Waals surface area (Å²) in [6.45, 7) is 0.215. The van der Waals surface area contributed by atoms with E-state index in [1.54, 1.807) is 36.4 Å². The number of hydrogen-bond acceptors (Lipinski definition) is 4.